The summed E-state index contributed by atoms with van der Waals surface area (Å²) in [7, 11) is 0. The van der Waals surface area contributed by atoms with Crippen LogP contribution in [0.1, 0.15) is 35.7 Å². The zero-order valence-corrected chi connectivity index (χ0v) is 10.4. The van der Waals surface area contributed by atoms with Crippen molar-refractivity contribution in [2.45, 2.75) is 19.8 Å². The molecule has 0 fully saturated rings. The molecule has 1 N–H and O–H groups in total. The Morgan fingerprint density at radius 3 is 2.72 bits per heavy atom. The molecule has 18 heavy (non-hydrogen) atoms. The number of nitrogens with one attached hydrogen (secondary N) is 1. The number of hydrogen-bond acceptors (Lipinski definition) is 3. The normalized spacial score (nSPS) is 10.4. The highest BCUT2D eigenvalue weighted by molar-refractivity contribution is 6.04. The van der Waals surface area contributed by atoms with E-state index in [0.717, 1.165) is 5.56 Å². The van der Waals surface area contributed by atoms with Crippen LogP contribution in [0.4, 0.5) is 5.69 Å². The molecule has 4 heteroatoms. The molecule has 2 rings (SSSR count). The van der Waals surface area contributed by atoms with E-state index in [9.17, 15) is 4.79 Å². The van der Waals surface area contributed by atoms with Crippen molar-refractivity contribution in [3.05, 3.63) is 54.1 Å². The van der Waals surface area contributed by atoms with E-state index in [1.807, 2.05) is 6.07 Å². The topological polar surface area (TPSA) is 54.9 Å². The largest absolute Gasteiger partial charge is 0.321 e. The van der Waals surface area contributed by atoms with Gasteiger partial charge in [0.05, 0.1) is 17.4 Å². The first-order chi connectivity index (χ1) is 8.66. The van der Waals surface area contributed by atoms with Crippen molar-refractivity contribution < 1.29 is 4.79 Å². The Labute approximate surface area is 106 Å². The van der Waals surface area contributed by atoms with Gasteiger partial charge in [0, 0.05) is 18.6 Å². The van der Waals surface area contributed by atoms with Crippen molar-refractivity contribution in [1.82, 2.24) is 9.97 Å². The Balaban J connectivity index is 2.16. The molecular formula is C14H15N3O. The van der Waals surface area contributed by atoms with Gasteiger partial charge in [-0.05, 0) is 29.7 Å². The van der Waals surface area contributed by atoms with Gasteiger partial charge in [0.15, 0.2) is 0 Å². The lowest BCUT2D eigenvalue weighted by Gasteiger charge is -2.08. The number of nitrogens with zero attached hydrogens (tertiary/aromatic N) is 2. The van der Waals surface area contributed by atoms with E-state index in [1.54, 1.807) is 36.9 Å². The van der Waals surface area contributed by atoms with Crippen LogP contribution in [-0.4, -0.2) is 15.9 Å². The van der Waals surface area contributed by atoms with E-state index in [1.165, 1.54) is 0 Å². The predicted octanol–water partition coefficient (Wildman–Crippen LogP) is 2.85. The third-order valence-electron chi connectivity index (χ3n) is 2.61. The van der Waals surface area contributed by atoms with E-state index in [0.29, 0.717) is 17.2 Å². The van der Waals surface area contributed by atoms with Gasteiger partial charge in [0.1, 0.15) is 0 Å². The van der Waals surface area contributed by atoms with Crippen molar-refractivity contribution in [3.8, 4) is 0 Å². The highest BCUT2D eigenvalue weighted by atomic mass is 16.1. The number of pyridine rings is 2. The van der Waals surface area contributed by atoms with E-state index in [-0.39, 0.29) is 5.91 Å². The maximum absolute atomic E-state index is 12.0. The fourth-order valence-electron chi connectivity index (χ4n) is 1.54. The number of carbonyl (C=O) groups is 1. The van der Waals surface area contributed by atoms with Gasteiger partial charge < -0.3 is 5.32 Å². The van der Waals surface area contributed by atoms with Crippen molar-refractivity contribution in [1.29, 1.82) is 0 Å². The van der Waals surface area contributed by atoms with Crippen LogP contribution in [0.3, 0.4) is 0 Å². The minimum atomic E-state index is -0.169. The van der Waals surface area contributed by atoms with Gasteiger partial charge in [0.2, 0.25) is 0 Å². The Kier molecular flexibility index (Phi) is 3.67. The monoisotopic (exact) mass is 241 g/mol. The van der Waals surface area contributed by atoms with Crippen molar-refractivity contribution >= 4 is 11.6 Å². The summed E-state index contributed by atoms with van der Waals surface area (Å²) in [6, 6.07) is 5.44. The van der Waals surface area contributed by atoms with Gasteiger partial charge in [-0.2, -0.15) is 0 Å². The summed E-state index contributed by atoms with van der Waals surface area (Å²) in [5.41, 5.74) is 2.29. The third-order valence-corrected chi connectivity index (χ3v) is 2.61. The zero-order chi connectivity index (χ0) is 13.0. The third kappa shape index (κ3) is 2.91. The highest BCUT2D eigenvalue weighted by Gasteiger charge is 2.08. The molecule has 0 aliphatic carbocycles. The SMILES string of the molecule is CC(C)c1cncc(C(=O)Nc2cccnc2)c1. The average molecular weight is 241 g/mol. The fourth-order valence-corrected chi connectivity index (χ4v) is 1.54. The van der Waals surface area contributed by atoms with Gasteiger partial charge >= 0.3 is 0 Å². The Bertz CT molecular complexity index is 538. The fraction of sp³-hybridized carbons (Fsp3) is 0.214. The summed E-state index contributed by atoms with van der Waals surface area (Å²) in [5.74, 6) is 0.182. The first kappa shape index (κ1) is 12.2. The molecule has 0 saturated carbocycles. The maximum atomic E-state index is 12.0. The second kappa shape index (κ2) is 5.40. The molecule has 0 saturated heterocycles. The van der Waals surface area contributed by atoms with Crippen molar-refractivity contribution in [2.24, 2.45) is 0 Å². The summed E-state index contributed by atoms with van der Waals surface area (Å²) in [5, 5.41) is 2.78. The van der Waals surface area contributed by atoms with Gasteiger partial charge in [-0.25, -0.2) is 0 Å². The van der Waals surface area contributed by atoms with Crippen molar-refractivity contribution in [3.63, 3.8) is 0 Å². The lowest BCUT2D eigenvalue weighted by molar-refractivity contribution is 0.102. The molecule has 92 valence electrons. The Morgan fingerprint density at radius 1 is 1.22 bits per heavy atom. The van der Waals surface area contributed by atoms with E-state index < -0.39 is 0 Å². The number of aromatic nitrogens is 2. The molecule has 0 spiro atoms. The van der Waals surface area contributed by atoms with Gasteiger partial charge in [-0.15, -0.1) is 0 Å². The molecule has 0 atom stereocenters. The second-order valence-electron chi connectivity index (χ2n) is 4.36. The smallest absolute Gasteiger partial charge is 0.257 e. The number of amides is 1. The molecule has 0 radical (unpaired) electrons. The second-order valence-corrected chi connectivity index (χ2v) is 4.36. The molecular weight excluding hydrogens is 226 g/mol. The highest BCUT2D eigenvalue weighted by Crippen LogP contribution is 2.15. The van der Waals surface area contributed by atoms with Crippen LogP contribution in [0, 0.1) is 0 Å². The average Bonchev–Trinajstić information content (AvgIpc) is 2.40. The lowest BCUT2D eigenvalue weighted by atomic mass is 10.0. The summed E-state index contributed by atoms with van der Waals surface area (Å²) in [4.78, 5) is 20.0. The molecule has 2 heterocycles. The summed E-state index contributed by atoms with van der Waals surface area (Å²) in [6.07, 6.45) is 6.62. The first-order valence-electron chi connectivity index (χ1n) is 5.83. The molecule has 0 aromatic carbocycles. The number of rotatable bonds is 3. The summed E-state index contributed by atoms with van der Waals surface area (Å²) >= 11 is 0. The number of carbonyl (C=O) groups excluding carboxylic acids is 1. The van der Waals surface area contributed by atoms with Crippen LogP contribution in [0.25, 0.3) is 0 Å². The van der Waals surface area contributed by atoms with E-state index >= 15 is 0 Å². The summed E-state index contributed by atoms with van der Waals surface area (Å²) < 4.78 is 0. The van der Waals surface area contributed by atoms with Crippen LogP contribution in [0.15, 0.2) is 43.0 Å². The van der Waals surface area contributed by atoms with Crippen LogP contribution in [-0.2, 0) is 0 Å². The predicted molar refractivity (Wildman–Crippen MR) is 70.5 cm³/mol. The molecule has 4 nitrogen and oxygen atoms in total. The Morgan fingerprint density at radius 2 is 2.06 bits per heavy atom. The van der Waals surface area contributed by atoms with Crippen molar-refractivity contribution in [2.75, 3.05) is 5.32 Å². The van der Waals surface area contributed by atoms with Gasteiger partial charge in [0.25, 0.3) is 5.91 Å². The minimum Gasteiger partial charge on any atom is -0.321 e. The number of hydrogen-bond donors (Lipinski definition) is 1. The molecule has 2 aromatic heterocycles. The molecule has 0 aliphatic heterocycles. The Hall–Kier alpha value is -2.23. The van der Waals surface area contributed by atoms with E-state index in [2.05, 4.69) is 29.1 Å². The minimum absolute atomic E-state index is 0.169. The molecule has 0 unspecified atom stereocenters. The quantitative estimate of drug-likeness (QED) is 0.899. The van der Waals surface area contributed by atoms with E-state index in [4.69, 9.17) is 0 Å². The van der Waals surface area contributed by atoms with Crippen LogP contribution >= 0.6 is 0 Å². The molecule has 2 aromatic rings. The van der Waals surface area contributed by atoms with Crippen LogP contribution in [0.5, 0.6) is 0 Å². The van der Waals surface area contributed by atoms with Crippen LogP contribution < -0.4 is 5.32 Å². The number of anilines is 1. The maximum Gasteiger partial charge on any atom is 0.257 e. The molecule has 0 bridgehead atoms. The lowest BCUT2D eigenvalue weighted by Crippen LogP contribution is -2.12. The standard InChI is InChI=1S/C14H15N3O/c1-10(2)11-6-12(8-16-7-11)14(18)17-13-4-3-5-15-9-13/h3-10H,1-2H3,(H,17,18). The first-order valence-corrected chi connectivity index (χ1v) is 5.83. The summed E-state index contributed by atoms with van der Waals surface area (Å²) in [6.45, 7) is 4.14. The molecule has 1 amide bonds. The zero-order valence-electron chi connectivity index (χ0n) is 10.4. The van der Waals surface area contributed by atoms with Gasteiger partial charge in [-0.3, -0.25) is 14.8 Å². The van der Waals surface area contributed by atoms with Crippen LogP contribution in [0.2, 0.25) is 0 Å². The molecule has 0 aliphatic rings. The van der Waals surface area contributed by atoms with Gasteiger partial charge in [-0.1, -0.05) is 13.8 Å².